The van der Waals surface area contributed by atoms with E-state index in [0.717, 1.165) is 12.8 Å². The Morgan fingerprint density at radius 2 is 1.96 bits per heavy atom. The number of hydrogen-bond donors (Lipinski definition) is 3. The number of H-pyrrole nitrogens is 1. The zero-order valence-corrected chi connectivity index (χ0v) is 13.7. The van der Waals surface area contributed by atoms with Crippen molar-refractivity contribution in [2.24, 2.45) is 0 Å². The van der Waals surface area contributed by atoms with E-state index in [1.54, 1.807) is 0 Å². The Bertz CT molecular complexity index is 719. The number of nitrogens with zero attached hydrogens (tertiary/aromatic N) is 3. The third kappa shape index (κ3) is 5.97. The van der Waals surface area contributed by atoms with Crippen LogP contribution >= 0.6 is 0 Å². The van der Waals surface area contributed by atoms with Crippen LogP contribution in [-0.4, -0.2) is 50.4 Å². The van der Waals surface area contributed by atoms with Gasteiger partial charge in [0.25, 0.3) is 6.01 Å². The molecule has 0 aliphatic rings. The number of methoxy groups -OCH3 is 1. The fraction of sp³-hybridized carbons (Fsp3) is 0.538. The van der Waals surface area contributed by atoms with Gasteiger partial charge in [0.1, 0.15) is 5.52 Å². The monoisotopic (exact) mass is 365 g/mol. The molecule has 0 aromatic carbocycles. The molecule has 0 bridgehead atoms. The number of aliphatic carboxylic acids is 1. The van der Waals surface area contributed by atoms with E-state index in [4.69, 9.17) is 25.1 Å². The van der Waals surface area contributed by atoms with Gasteiger partial charge in [-0.3, -0.25) is 0 Å². The summed E-state index contributed by atoms with van der Waals surface area (Å²) < 4.78 is 42.3. The fourth-order valence-corrected chi connectivity index (χ4v) is 1.67. The zero-order valence-electron chi connectivity index (χ0n) is 13.7. The van der Waals surface area contributed by atoms with Crippen molar-refractivity contribution in [1.82, 2.24) is 19.9 Å². The standard InChI is InChI=1S/C11H17N5O2.C2HF3O2/c1-4-5-6(2)18-11-14-8(12)7-9(16-11)15-10(13-7)17-3;3-2(4,5)1(6)7/h6H,4-5H2,1-3H3,(H3,12,13,14,15,16);(H,6,7)/t6-;/m0./s1. The van der Waals surface area contributed by atoms with Gasteiger partial charge in [0, 0.05) is 0 Å². The molecule has 0 aliphatic heterocycles. The van der Waals surface area contributed by atoms with Crippen LogP contribution in [0.5, 0.6) is 12.0 Å². The van der Waals surface area contributed by atoms with Crippen LogP contribution in [0.15, 0.2) is 0 Å². The zero-order chi connectivity index (χ0) is 19.2. The van der Waals surface area contributed by atoms with Crippen LogP contribution in [0.1, 0.15) is 26.7 Å². The number of nitrogens with one attached hydrogen (secondary N) is 1. The maximum Gasteiger partial charge on any atom is 0.490 e. The minimum atomic E-state index is -5.08. The van der Waals surface area contributed by atoms with E-state index in [9.17, 15) is 13.2 Å². The van der Waals surface area contributed by atoms with Crippen LogP contribution in [0.3, 0.4) is 0 Å². The van der Waals surface area contributed by atoms with Gasteiger partial charge in [-0.05, 0) is 13.3 Å². The molecule has 0 aliphatic carbocycles. The number of imidazole rings is 1. The highest BCUT2D eigenvalue weighted by molar-refractivity contribution is 5.82. The van der Waals surface area contributed by atoms with Gasteiger partial charge in [0.15, 0.2) is 11.5 Å². The minimum absolute atomic E-state index is 0.0488. The van der Waals surface area contributed by atoms with Crippen LogP contribution < -0.4 is 15.2 Å². The number of carbonyl (C=O) groups is 1. The number of nitrogen functional groups attached to an aromatic ring is 1. The lowest BCUT2D eigenvalue weighted by Crippen LogP contribution is -2.21. The molecule has 2 rings (SSSR count). The molecule has 0 unspecified atom stereocenters. The van der Waals surface area contributed by atoms with E-state index in [2.05, 4.69) is 26.9 Å². The molecule has 0 amide bonds. The number of carboxylic acid groups (broad SMARTS) is 1. The van der Waals surface area contributed by atoms with E-state index < -0.39 is 12.1 Å². The van der Waals surface area contributed by atoms with Crippen molar-refractivity contribution in [1.29, 1.82) is 0 Å². The van der Waals surface area contributed by atoms with Gasteiger partial charge < -0.3 is 25.3 Å². The number of aromatic amines is 1. The molecule has 1 atom stereocenters. The van der Waals surface area contributed by atoms with Crippen molar-refractivity contribution >= 4 is 23.0 Å². The van der Waals surface area contributed by atoms with Crippen LogP contribution in [0.4, 0.5) is 19.0 Å². The summed E-state index contributed by atoms with van der Waals surface area (Å²) in [5.41, 5.74) is 6.82. The second-order valence-electron chi connectivity index (χ2n) is 4.86. The van der Waals surface area contributed by atoms with E-state index >= 15 is 0 Å². The second kappa shape index (κ2) is 8.35. The lowest BCUT2D eigenvalue weighted by molar-refractivity contribution is -0.192. The third-order valence-electron chi connectivity index (χ3n) is 2.77. The predicted molar refractivity (Wildman–Crippen MR) is 81.3 cm³/mol. The van der Waals surface area contributed by atoms with E-state index in [-0.39, 0.29) is 12.1 Å². The first-order valence-electron chi connectivity index (χ1n) is 7.12. The third-order valence-corrected chi connectivity index (χ3v) is 2.77. The minimum Gasteiger partial charge on any atom is -0.475 e. The van der Waals surface area contributed by atoms with Crippen LogP contribution in [0.25, 0.3) is 11.2 Å². The predicted octanol–water partition coefficient (Wildman–Crippen LogP) is 2.14. The van der Waals surface area contributed by atoms with Crippen LogP contribution in [-0.2, 0) is 4.79 Å². The number of alkyl halides is 3. The Morgan fingerprint density at radius 3 is 2.44 bits per heavy atom. The van der Waals surface area contributed by atoms with E-state index in [0.29, 0.717) is 23.0 Å². The maximum absolute atomic E-state index is 10.6. The van der Waals surface area contributed by atoms with Gasteiger partial charge in [0.2, 0.25) is 0 Å². The lowest BCUT2D eigenvalue weighted by Gasteiger charge is -2.11. The number of anilines is 1. The van der Waals surface area contributed by atoms with Crippen molar-refractivity contribution in [2.75, 3.05) is 12.8 Å². The number of fused-ring (bicyclic) bond motifs is 1. The number of aromatic nitrogens is 4. The number of nitrogens with two attached hydrogens (primary N) is 1. The Hall–Kier alpha value is -2.79. The molecule has 0 spiro atoms. The summed E-state index contributed by atoms with van der Waals surface area (Å²) in [4.78, 5) is 24.2. The largest absolute Gasteiger partial charge is 0.490 e. The van der Waals surface area contributed by atoms with Gasteiger partial charge >= 0.3 is 18.2 Å². The molecule has 2 aromatic rings. The number of halogens is 3. The van der Waals surface area contributed by atoms with Gasteiger partial charge in [-0.2, -0.15) is 28.1 Å². The average Bonchev–Trinajstić information content (AvgIpc) is 2.90. The van der Waals surface area contributed by atoms with Gasteiger partial charge in [0.05, 0.1) is 13.2 Å². The van der Waals surface area contributed by atoms with Gasteiger partial charge in [-0.1, -0.05) is 13.3 Å². The highest BCUT2D eigenvalue weighted by Crippen LogP contribution is 2.21. The molecule has 0 fully saturated rings. The summed E-state index contributed by atoms with van der Waals surface area (Å²) in [6, 6.07) is 0.597. The summed E-state index contributed by atoms with van der Waals surface area (Å²) in [6.07, 6.45) is -3.06. The maximum atomic E-state index is 10.6. The molecule has 9 nitrogen and oxygen atoms in total. The highest BCUT2D eigenvalue weighted by atomic mass is 19.4. The molecule has 0 saturated carbocycles. The van der Waals surface area contributed by atoms with Crippen LogP contribution in [0, 0.1) is 0 Å². The molecule has 2 heterocycles. The molecular formula is C13H18F3N5O4. The number of ether oxygens (including phenoxy) is 2. The van der Waals surface area contributed by atoms with Gasteiger partial charge in [-0.25, -0.2) is 4.79 Å². The average molecular weight is 365 g/mol. The number of hydrogen-bond acceptors (Lipinski definition) is 7. The first-order chi connectivity index (χ1) is 11.6. The second-order valence-corrected chi connectivity index (χ2v) is 4.86. The molecular weight excluding hydrogens is 347 g/mol. The molecule has 2 aromatic heterocycles. The molecule has 4 N–H and O–H groups in total. The smallest absolute Gasteiger partial charge is 0.475 e. The lowest BCUT2D eigenvalue weighted by atomic mass is 10.2. The Balaban J connectivity index is 0.000000381. The first kappa shape index (κ1) is 20.3. The number of carboxylic acids is 1. The Kier molecular flexibility index (Phi) is 6.77. The Morgan fingerprint density at radius 1 is 1.36 bits per heavy atom. The van der Waals surface area contributed by atoms with E-state index in [1.807, 2.05) is 6.92 Å². The quantitative estimate of drug-likeness (QED) is 0.733. The summed E-state index contributed by atoms with van der Waals surface area (Å²) in [7, 11) is 1.52. The molecule has 25 heavy (non-hydrogen) atoms. The summed E-state index contributed by atoms with van der Waals surface area (Å²) in [6.45, 7) is 4.06. The number of rotatable bonds is 5. The Labute approximate surface area is 140 Å². The topological polar surface area (TPSA) is 136 Å². The van der Waals surface area contributed by atoms with Crippen molar-refractivity contribution in [2.45, 2.75) is 39.0 Å². The van der Waals surface area contributed by atoms with E-state index in [1.165, 1.54) is 7.11 Å². The molecule has 0 saturated heterocycles. The summed E-state index contributed by atoms with van der Waals surface area (Å²) in [5.74, 6) is -2.46. The summed E-state index contributed by atoms with van der Waals surface area (Å²) in [5, 5.41) is 7.12. The fourth-order valence-electron chi connectivity index (χ4n) is 1.67. The van der Waals surface area contributed by atoms with Crippen molar-refractivity contribution < 1.29 is 32.5 Å². The normalized spacial score (nSPS) is 12.2. The molecule has 0 radical (unpaired) electrons. The molecule has 12 heteroatoms. The first-order valence-corrected chi connectivity index (χ1v) is 7.12. The van der Waals surface area contributed by atoms with Crippen molar-refractivity contribution in [3.05, 3.63) is 0 Å². The molecule has 140 valence electrons. The van der Waals surface area contributed by atoms with Crippen LogP contribution in [0.2, 0.25) is 0 Å². The van der Waals surface area contributed by atoms with Gasteiger partial charge in [-0.15, -0.1) is 0 Å². The summed E-state index contributed by atoms with van der Waals surface area (Å²) >= 11 is 0. The SMILES string of the molecule is CCC[C@H](C)Oc1nc(N)c2[nH]c(OC)nc2n1.O=C(O)C(F)(F)F. The van der Waals surface area contributed by atoms with Crippen molar-refractivity contribution in [3.8, 4) is 12.0 Å². The van der Waals surface area contributed by atoms with Crippen molar-refractivity contribution in [3.63, 3.8) is 0 Å². The highest BCUT2D eigenvalue weighted by Gasteiger charge is 2.38.